The van der Waals surface area contributed by atoms with Gasteiger partial charge in [-0.3, -0.25) is 29.8 Å². The number of rotatable bonds is 26. The number of alkyl carbamates (subject to hydrolysis) is 2. The van der Waals surface area contributed by atoms with Crippen LogP contribution in [0.15, 0.2) is 119 Å². The summed E-state index contributed by atoms with van der Waals surface area (Å²) in [7, 11) is 0. The molecule has 2 aliphatic heterocycles. The minimum absolute atomic E-state index is 0.0411. The molecule has 0 fully saturated rings. The van der Waals surface area contributed by atoms with Crippen LogP contribution in [-0.4, -0.2) is 212 Å². The second-order valence-electron chi connectivity index (χ2n) is 40.3. The molecule has 0 unspecified atom stereocenters. The SMILES string of the molecule is CC(C)(C)OC(=O)C[C@@H](C(=O)OC(C)(C)C)N(Cc1cc(OCCOCCOc2cc(CN(C(=O)c3cccc4c3OCCCc3cc(NC(=NC(=O)OC(C)(C)C)NC(=O)OC(C)(C)C)ccc3C(=O)O4)[C@@H](CC(=O)OC(C)(C)C)C(=O)OC(C)(C)C)cc(C(=O)O)c2)cc(C(=O)O)c1)C(=O)c1cccc2c1OCCCc1cc(NC(=NC(=O)OC(C)(C)C)NC(=O)OC(C)(C)C)ccc1C(=O)O2. The maximum Gasteiger partial charge on any atom is 0.437 e. The number of aromatic carboxylic acids is 2. The largest absolute Gasteiger partial charge is 0.491 e. The summed E-state index contributed by atoms with van der Waals surface area (Å²) in [5.41, 5.74) is -8.16. The minimum Gasteiger partial charge on any atom is -0.491 e. The van der Waals surface area contributed by atoms with Gasteiger partial charge in [0.15, 0.2) is 23.0 Å². The molecule has 0 bridgehead atoms. The van der Waals surface area contributed by atoms with Crippen LogP contribution in [0.1, 0.15) is 276 Å². The van der Waals surface area contributed by atoms with E-state index in [9.17, 15) is 67.7 Å². The number of carbonyl (C=O) groups is 14. The van der Waals surface area contributed by atoms with Gasteiger partial charge in [-0.25, -0.2) is 47.9 Å². The molecule has 6 N–H and O–H groups in total. The monoisotopic (exact) mass is 1930 g/mol. The maximum atomic E-state index is 15.8. The van der Waals surface area contributed by atoms with Crippen LogP contribution in [-0.2, 0) is 87.7 Å². The molecule has 752 valence electrons. The normalized spacial score (nSPS) is 13.8. The number of carboxylic acids is 2. The van der Waals surface area contributed by atoms with Gasteiger partial charge in [-0.05, 0) is 311 Å². The highest BCUT2D eigenvalue weighted by Gasteiger charge is 2.43. The van der Waals surface area contributed by atoms with Crippen LogP contribution < -0.4 is 49.7 Å². The van der Waals surface area contributed by atoms with Crippen LogP contribution in [0.4, 0.5) is 30.6 Å². The number of esters is 6. The van der Waals surface area contributed by atoms with E-state index in [-0.39, 0.29) is 168 Å². The first-order valence-electron chi connectivity index (χ1n) is 44.9. The number of para-hydroxylation sites is 2. The number of hydrogen-bond acceptors (Lipinski definition) is 29. The van der Waals surface area contributed by atoms with E-state index >= 15 is 9.59 Å². The molecule has 0 aromatic heterocycles. The van der Waals surface area contributed by atoms with Gasteiger partial charge in [-0.1, -0.05) is 12.1 Å². The molecule has 2 atom stereocenters. The fraction of sp³-hybridized carbons (Fsp3) is 0.480. The summed E-state index contributed by atoms with van der Waals surface area (Å²) in [5, 5.41) is 31.9. The van der Waals surface area contributed by atoms with Crippen molar-refractivity contribution in [2.75, 3.05) is 50.3 Å². The fourth-order valence-electron chi connectivity index (χ4n) is 13.4. The van der Waals surface area contributed by atoms with Crippen molar-refractivity contribution in [3.8, 4) is 34.5 Å². The number of carbonyl (C=O) groups excluding carboxylic acids is 12. The number of amides is 6. The lowest BCUT2D eigenvalue weighted by atomic mass is 10.0. The Morgan fingerprint density at radius 2 is 0.741 bits per heavy atom. The van der Waals surface area contributed by atoms with Gasteiger partial charge in [0.25, 0.3) is 11.8 Å². The van der Waals surface area contributed by atoms with Crippen LogP contribution in [0.3, 0.4) is 0 Å². The standard InChI is InChI=1S/C100H126N8O31/c1-93(2,3)132-75(109)53-71(85(119)134-95(7,8)9)107(79(111)69-31-25-33-73-77(69)128-39-27-29-59-49-63(35-37-67(59)83(117)130-73)101-87(103-89(121)136-97(13,14)15)104-90(122)137-98(16,17)18)55-57-45-61(81(113)114)51-65(47-57)126-43-41-125-42-44-127-66-48-58(46-62(52-66)82(115)116)56-108(72(86(120)135-96(10,11)12)54-76(110)133-94(4,5)6)80(112)70-32-26-34-74-78(70)129-40-28-30-60-50-64(36-38-68(60)84(118)131-74)102-88(105-91(123)138-99(19,20)21)106-92(124)139-100(22,23)24/h25-26,31-38,45-52,71-72H,27-30,39-44,53-56H2,1-24H3,(H,113,114)(H,115,116)(H2,101,103,104,121,122)(H2,102,105,106,123,124)/t71-,72-/m0/s1. The van der Waals surface area contributed by atoms with Crippen molar-refractivity contribution >= 4 is 107 Å². The molecule has 0 saturated heterocycles. The van der Waals surface area contributed by atoms with Gasteiger partial charge in [0.1, 0.15) is 81.6 Å². The number of guanidine groups is 2. The Kier molecular flexibility index (Phi) is 36.5. The van der Waals surface area contributed by atoms with E-state index in [1.54, 1.807) is 178 Å². The molecule has 6 aromatic rings. The van der Waals surface area contributed by atoms with Crippen molar-refractivity contribution in [1.82, 2.24) is 20.4 Å². The molecule has 2 heterocycles. The van der Waals surface area contributed by atoms with E-state index in [4.69, 9.17) is 71.1 Å². The Morgan fingerprint density at radius 1 is 0.403 bits per heavy atom. The Bertz CT molecular complexity index is 5300. The number of nitrogens with zero attached hydrogens (tertiary/aromatic N) is 4. The molecule has 39 heteroatoms. The van der Waals surface area contributed by atoms with Crippen LogP contribution in [0.25, 0.3) is 0 Å². The summed E-state index contributed by atoms with van der Waals surface area (Å²) in [6, 6.07) is 21.0. The van der Waals surface area contributed by atoms with Crippen molar-refractivity contribution in [2.45, 2.75) is 275 Å². The second kappa shape index (κ2) is 46.2. The molecular weight excluding hydrogens is 1810 g/mol. The summed E-state index contributed by atoms with van der Waals surface area (Å²) in [6.07, 6.45) is -4.96. The predicted octanol–water partition coefficient (Wildman–Crippen LogP) is 16.3. The quantitative estimate of drug-likeness (QED) is 0.00733. The Morgan fingerprint density at radius 3 is 1.06 bits per heavy atom. The van der Waals surface area contributed by atoms with E-state index in [1.165, 1.54) is 97.1 Å². The number of ether oxygens (including phenoxy) is 15. The Labute approximate surface area is 806 Å². The van der Waals surface area contributed by atoms with Gasteiger partial charge in [-0.2, -0.15) is 0 Å². The Balaban J connectivity index is 1.05. The fourth-order valence-corrected chi connectivity index (χ4v) is 13.4. The van der Waals surface area contributed by atoms with Crippen molar-refractivity contribution < 1.29 is 148 Å². The second-order valence-corrected chi connectivity index (χ2v) is 40.3. The molecular formula is C100H126N8O31. The number of nitrogens with one attached hydrogen (secondary N) is 4. The molecule has 8 rings (SSSR count). The molecule has 2 aliphatic rings. The van der Waals surface area contributed by atoms with Crippen molar-refractivity contribution in [2.24, 2.45) is 9.98 Å². The van der Waals surface area contributed by atoms with Crippen molar-refractivity contribution in [3.63, 3.8) is 0 Å². The maximum absolute atomic E-state index is 15.8. The average Bonchev–Trinajstić information content (AvgIpc) is 0.784. The highest BCUT2D eigenvalue weighted by Crippen LogP contribution is 2.40. The lowest BCUT2D eigenvalue weighted by Gasteiger charge is -2.33. The topological polar surface area (TPSA) is 497 Å². The zero-order valence-electron chi connectivity index (χ0n) is 83.0. The number of carboxylic acid groups (broad SMARTS) is 2. The van der Waals surface area contributed by atoms with Crippen LogP contribution in [0.2, 0.25) is 0 Å². The average molecular weight is 1940 g/mol. The lowest BCUT2D eigenvalue weighted by Crippen LogP contribution is -2.48. The smallest absolute Gasteiger partial charge is 0.437 e. The molecule has 139 heavy (non-hydrogen) atoms. The number of anilines is 2. The third-order valence-corrected chi connectivity index (χ3v) is 18.4. The van der Waals surface area contributed by atoms with Gasteiger partial charge in [0, 0.05) is 24.5 Å². The molecule has 39 nitrogen and oxygen atoms in total. The molecule has 6 aromatic carbocycles. The van der Waals surface area contributed by atoms with E-state index in [1.807, 2.05) is 0 Å². The molecule has 0 saturated carbocycles. The van der Waals surface area contributed by atoms with Crippen LogP contribution in [0.5, 0.6) is 34.5 Å². The summed E-state index contributed by atoms with van der Waals surface area (Å²) in [4.78, 5) is 206. The third-order valence-electron chi connectivity index (χ3n) is 18.4. The van der Waals surface area contributed by atoms with Crippen molar-refractivity contribution in [1.29, 1.82) is 0 Å². The van der Waals surface area contributed by atoms with Crippen LogP contribution >= 0.6 is 0 Å². The highest BCUT2D eigenvalue weighted by atomic mass is 16.6. The number of hydrogen-bond donors (Lipinski definition) is 6. The zero-order chi connectivity index (χ0) is 103. The molecule has 0 spiro atoms. The summed E-state index contributed by atoms with van der Waals surface area (Å²) in [6.45, 7) is 36.1. The first kappa shape index (κ1) is 110. The number of aryl methyl sites for hydroxylation is 2. The summed E-state index contributed by atoms with van der Waals surface area (Å²) < 4.78 is 87.6. The van der Waals surface area contributed by atoms with Crippen molar-refractivity contribution in [3.05, 3.63) is 165 Å². The summed E-state index contributed by atoms with van der Waals surface area (Å²) in [5.74, 6) is -12.6. The van der Waals surface area contributed by atoms with Gasteiger partial charge in [0.05, 0.1) is 72.6 Å². The lowest BCUT2D eigenvalue weighted by molar-refractivity contribution is -0.167. The summed E-state index contributed by atoms with van der Waals surface area (Å²) >= 11 is 0. The minimum atomic E-state index is -1.82. The van der Waals surface area contributed by atoms with E-state index in [0.717, 1.165) is 9.80 Å². The first-order valence-corrected chi connectivity index (χ1v) is 44.9. The third kappa shape index (κ3) is 36.6. The van der Waals surface area contributed by atoms with Crippen LogP contribution in [0, 0.1) is 0 Å². The number of fused-ring (bicyclic) bond motifs is 4. The highest BCUT2D eigenvalue weighted by molar-refractivity contribution is 6.09. The number of benzene rings is 6. The van der Waals surface area contributed by atoms with E-state index in [0.29, 0.717) is 11.1 Å². The molecule has 0 aliphatic carbocycles. The van der Waals surface area contributed by atoms with Gasteiger partial charge < -0.3 is 102 Å². The number of aliphatic imine (C=N–C) groups is 2. The zero-order valence-corrected chi connectivity index (χ0v) is 83.0. The Hall–Kier alpha value is -14.4. The molecule has 6 amide bonds. The van der Waals surface area contributed by atoms with Gasteiger partial charge >= 0.3 is 72.1 Å². The van der Waals surface area contributed by atoms with Gasteiger partial charge in [0.2, 0.25) is 11.9 Å². The molecule has 0 radical (unpaired) electrons. The predicted molar refractivity (Wildman–Crippen MR) is 505 cm³/mol. The van der Waals surface area contributed by atoms with Gasteiger partial charge in [-0.15, -0.1) is 9.98 Å². The van der Waals surface area contributed by atoms with E-state index in [2.05, 4.69) is 31.3 Å². The van der Waals surface area contributed by atoms with E-state index < -0.39 is 167 Å². The first-order chi connectivity index (χ1) is 64.4.